The van der Waals surface area contributed by atoms with Gasteiger partial charge in [0, 0.05) is 13.1 Å². The molecule has 4 nitrogen and oxygen atoms in total. The second-order valence-corrected chi connectivity index (χ2v) is 7.51. The Morgan fingerprint density at radius 2 is 1.85 bits per heavy atom. The number of anilines is 1. The van der Waals surface area contributed by atoms with Crippen LogP contribution in [0.5, 0.6) is 0 Å². The third-order valence-electron chi connectivity index (χ3n) is 3.25. The zero-order valence-corrected chi connectivity index (χ0v) is 13.7. The fourth-order valence-electron chi connectivity index (χ4n) is 2.00. The summed E-state index contributed by atoms with van der Waals surface area (Å²) < 4.78 is 26.0. The van der Waals surface area contributed by atoms with Crippen LogP contribution in [0.25, 0.3) is 0 Å². The van der Waals surface area contributed by atoms with Gasteiger partial charge in [-0.3, -0.25) is 4.31 Å². The van der Waals surface area contributed by atoms with Crippen LogP contribution in [0.2, 0.25) is 0 Å². The van der Waals surface area contributed by atoms with Gasteiger partial charge in [-0.1, -0.05) is 32.0 Å². The number of rotatable bonds is 8. The highest BCUT2D eigenvalue weighted by atomic mass is 32.2. The number of unbranched alkanes of at least 4 members (excludes halogenated alkanes) is 1. The predicted octanol–water partition coefficient (Wildman–Crippen LogP) is 2.54. The SMILES string of the molecule is Cc1ccccc1N(C)S(=O)(=O)CCCCNC(C)C. The predicted molar refractivity (Wildman–Crippen MR) is 85.7 cm³/mol. The molecule has 5 heteroatoms. The first-order valence-electron chi connectivity index (χ1n) is 7.10. The van der Waals surface area contributed by atoms with Crippen LogP contribution in [0.15, 0.2) is 24.3 Å². The second kappa shape index (κ2) is 7.64. The van der Waals surface area contributed by atoms with Crippen LogP contribution < -0.4 is 9.62 Å². The van der Waals surface area contributed by atoms with Gasteiger partial charge in [0.2, 0.25) is 10.0 Å². The van der Waals surface area contributed by atoms with Gasteiger partial charge < -0.3 is 5.32 Å². The number of sulfonamides is 1. The molecule has 0 aromatic heterocycles. The molecule has 0 amide bonds. The van der Waals surface area contributed by atoms with Crippen LogP contribution in [0.4, 0.5) is 5.69 Å². The number of para-hydroxylation sites is 1. The molecule has 1 aromatic carbocycles. The first-order valence-corrected chi connectivity index (χ1v) is 8.71. The Morgan fingerprint density at radius 3 is 2.45 bits per heavy atom. The molecule has 1 rings (SSSR count). The van der Waals surface area contributed by atoms with Gasteiger partial charge in [-0.05, 0) is 37.9 Å². The maximum absolute atomic E-state index is 12.3. The van der Waals surface area contributed by atoms with Gasteiger partial charge in [-0.2, -0.15) is 0 Å². The van der Waals surface area contributed by atoms with Crippen molar-refractivity contribution in [2.24, 2.45) is 0 Å². The minimum atomic E-state index is -3.23. The Kier molecular flexibility index (Phi) is 6.49. The van der Waals surface area contributed by atoms with E-state index < -0.39 is 10.0 Å². The molecule has 0 aliphatic rings. The minimum absolute atomic E-state index is 0.192. The zero-order valence-electron chi connectivity index (χ0n) is 12.9. The van der Waals surface area contributed by atoms with E-state index in [2.05, 4.69) is 19.2 Å². The lowest BCUT2D eigenvalue weighted by Gasteiger charge is -2.21. The zero-order chi connectivity index (χ0) is 15.2. The molecule has 0 spiro atoms. The molecule has 0 bridgehead atoms. The van der Waals surface area contributed by atoms with E-state index in [0.29, 0.717) is 12.5 Å². The van der Waals surface area contributed by atoms with Gasteiger partial charge >= 0.3 is 0 Å². The molecule has 0 aliphatic heterocycles. The van der Waals surface area contributed by atoms with Gasteiger partial charge in [-0.25, -0.2) is 8.42 Å². The van der Waals surface area contributed by atoms with Crippen LogP contribution in [-0.2, 0) is 10.0 Å². The molecule has 0 atom stereocenters. The Hall–Kier alpha value is -1.07. The Morgan fingerprint density at radius 1 is 1.20 bits per heavy atom. The summed E-state index contributed by atoms with van der Waals surface area (Å²) in [6, 6.07) is 7.99. The Bertz CT molecular complexity index is 512. The molecule has 1 N–H and O–H groups in total. The molecule has 0 heterocycles. The number of nitrogens with zero attached hydrogens (tertiary/aromatic N) is 1. The van der Waals surface area contributed by atoms with Crippen LogP contribution in [0, 0.1) is 6.92 Å². The summed E-state index contributed by atoms with van der Waals surface area (Å²) >= 11 is 0. The van der Waals surface area contributed by atoms with E-state index in [0.717, 1.165) is 24.2 Å². The number of benzene rings is 1. The highest BCUT2D eigenvalue weighted by Crippen LogP contribution is 2.21. The average molecular weight is 298 g/mol. The molecular formula is C15H26N2O2S. The minimum Gasteiger partial charge on any atom is -0.315 e. The third kappa shape index (κ3) is 5.13. The summed E-state index contributed by atoms with van der Waals surface area (Å²) in [4.78, 5) is 0. The largest absolute Gasteiger partial charge is 0.315 e. The van der Waals surface area contributed by atoms with Gasteiger partial charge in [0.15, 0.2) is 0 Å². The summed E-state index contributed by atoms with van der Waals surface area (Å²) in [7, 11) is -1.60. The van der Waals surface area contributed by atoms with Crippen molar-refractivity contribution in [2.75, 3.05) is 23.7 Å². The first kappa shape index (κ1) is 17.0. The summed E-state index contributed by atoms with van der Waals surface area (Å²) in [6.45, 7) is 6.96. The van der Waals surface area contributed by atoms with Gasteiger partial charge in [0.05, 0.1) is 11.4 Å². The van der Waals surface area contributed by atoms with Crippen molar-refractivity contribution in [3.8, 4) is 0 Å². The second-order valence-electron chi connectivity index (χ2n) is 5.39. The van der Waals surface area contributed by atoms with Crippen LogP contribution in [0.1, 0.15) is 32.3 Å². The van der Waals surface area contributed by atoms with Crippen molar-refractivity contribution in [1.29, 1.82) is 0 Å². The van der Waals surface area contributed by atoms with E-state index in [-0.39, 0.29) is 5.75 Å². The topological polar surface area (TPSA) is 49.4 Å². The number of hydrogen-bond acceptors (Lipinski definition) is 3. The van der Waals surface area contributed by atoms with Crippen LogP contribution in [-0.4, -0.2) is 33.8 Å². The summed E-state index contributed by atoms with van der Waals surface area (Å²) in [5.74, 6) is 0.192. The molecule has 0 radical (unpaired) electrons. The van der Waals surface area contributed by atoms with Gasteiger partial charge in [-0.15, -0.1) is 0 Å². The molecule has 0 aliphatic carbocycles. The van der Waals surface area contributed by atoms with Crippen molar-refractivity contribution in [1.82, 2.24) is 5.32 Å². The van der Waals surface area contributed by atoms with Crippen molar-refractivity contribution >= 4 is 15.7 Å². The van der Waals surface area contributed by atoms with Crippen molar-refractivity contribution in [2.45, 2.75) is 39.7 Å². The quantitative estimate of drug-likeness (QED) is 0.750. The van der Waals surface area contributed by atoms with Gasteiger partial charge in [0.25, 0.3) is 0 Å². The summed E-state index contributed by atoms with van der Waals surface area (Å²) in [5.41, 5.74) is 1.73. The standard InChI is InChI=1S/C15H26N2O2S/c1-13(2)16-11-7-8-12-20(18,19)17(4)15-10-6-5-9-14(15)3/h5-6,9-10,13,16H,7-8,11-12H2,1-4H3. The molecule has 0 fully saturated rings. The van der Waals surface area contributed by atoms with E-state index in [9.17, 15) is 8.42 Å². The smallest absolute Gasteiger partial charge is 0.234 e. The fraction of sp³-hybridized carbons (Fsp3) is 0.600. The number of nitrogens with one attached hydrogen (secondary N) is 1. The van der Waals surface area contributed by atoms with Crippen molar-refractivity contribution < 1.29 is 8.42 Å². The Balaban J connectivity index is 2.54. The number of aryl methyl sites for hydroxylation is 1. The monoisotopic (exact) mass is 298 g/mol. The van der Waals surface area contributed by atoms with E-state index >= 15 is 0 Å². The lowest BCUT2D eigenvalue weighted by Crippen LogP contribution is -2.30. The Labute approximate surface area is 123 Å². The van der Waals surface area contributed by atoms with Crippen LogP contribution in [0.3, 0.4) is 0 Å². The summed E-state index contributed by atoms with van der Waals surface area (Å²) in [5, 5.41) is 3.29. The lowest BCUT2D eigenvalue weighted by molar-refractivity contribution is 0.559. The van der Waals surface area contributed by atoms with E-state index in [1.807, 2.05) is 31.2 Å². The van der Waals surface area contributed by atoms with Crippen LogP contribution >= 0.6 is 0 Å². The third-order valence-corrected chi connectivity index (χ3v) is 5.09. The molecule has 0 saturated carbocycles. The normalized spacial score (nSPS) is 11.8. The van der Waals surface area contributed by atoms with Gasteiger partial charge in [0.1, 0.15) is 0 Å². The number of hydrogen-bond donors (Lipinski definition) is 1. The highest BCUT2D eigenvalue weighted by Gasteiger charge is 2.18. The molecular weight excluding hydrogens is 272 g/mol. The van der Waals surface area contributed by atoms with Crippen molar-refractivity contribution in [3.63, 3.8) is 0 Å². The fourth-order valence-corrected chi connectivity index (χ4v) is 3.35. The van der Waals surface area contributed by atoms with E-state index in [4.69, 9.17) is 0 Å². The maximum Gasteiger partial charge on any atom is 0.234 e. The molecule has 0 saturated heterocycles. The van der Waals surface area contributed by atoms with E-state index in [1.54, 1.807) is 7.05 Å². The maximum atomic E-state index is 12.3. The van der Waals surface area contributed by atoms with Crippen molar-refractivity contribution in [3.05, 3.63) is 29.8 Å². The first-order chi connectivity index (χ1) is 9.34. The summed E-state index contributed by atoms with van der Waals surface area (Å²) in [6.07, 6.45) is 1.55. The molecule has 114 valence electrons. The highest BCUT2D eigenvalue weighted by molar-refractivity contribution is 7.92. The molecule has 20 heavy (non-hydrogen) atoms. The molecule has 0 unspecified atom stereocenters. The lowest BCUT2D eigenvalue weighted by atomic mass is 10.2. The molecule has 1 aromatic rings. The van der Waals surface area contributed by atoms with E-state index in [1.165, 1.54) is 4.31 Å². The average Bonchev–Trinajstić information content (AvgIpc) is 2.37.